The van der Waals surface area contributed by atoms with E-state index in [0.717, 1.165) is 28.6 Å². The molecule has 4 rings (SSSR count). The van der Waals surface area contributed by atoms with E-state index >= 15 is 0 Å². The Labute approximate surface area is 139 Å². The van der Waals surface area contributed by atoms with Crippen LogP contribution in [0.5, 0.6) is 0 Å². The quantitative estimate of drug-likeness (QED) is 0.777. The van der Waals surface area contributed by atoms with Crippen LogP contribution in [-0.4, -0.2) is 33.3 Å². The largest absolute Gasteiger partial charge is 0.371 e. The molecule has 3 aromatic rings. The minimum atomic E-state index is -0.145. The van der Waals surface area contributed by atoms with Gasteiger partial charge in [-0.2, -0.15) is 5.10 Å². The van der Waals surface area contributed by atoms with Gasteiger partial charge in [0.1, 0.15) is 6.10 Å². The van der Waals surface area contributed by atoms with E-state index in [9.17, 15) is 4.79 Å². The molecule has 0 radical (unpaired) electrons. The van der Waals surface area contributed by atoms with Gasteiger partial charge < -0.3 is 15.0 Å². The molecular weight excluding hydrogens is 304 g/mol. The Morgan fingerprint density at radius 3 is 3.08 bits per heavy atom. The summed E-state index contributed by atoms with van der Waals surface area (Å²) < 4.78 is 7.71. The minimum Gasteiger partial charge on any atom is -0.371 e. The number of carbonyl (C=O) groups excluding carboxylic acids is 1. The van der Waals surface area contributed by atoms with E-state index in [2.05, 4.69) is 15.4 Å². The Balaban J connectivity index is 1.59. The van der Waals surface area contributed by atoms with Gasteiger partial charge in [-0.1, -0.05) is 6.07 Å². The highest BCUT2D eigenvalue weighted by Gasteiger charge is 2.33. The van der Waals surface area contributed by atoms with Crippen molar-refractivity contribution in [3.8, 4) is 0 Å². The van der Waals surface area contributed by atoms with Crippen molar-refractivity contribution in [3.05, 3.63) is 53.5 Å². The fraction of sp³-hybridized carbons (Fsp3) is 0.333. The number of amides is 1. The minimum absolute atomic E-state index is 0.0467. The Kier molecular flexibility index (Phi) is 3.61. The molecule has 2 N–H and O–H groups in total. The maximum absolute atomic E-state index is 12.8. The molecule has 0 unspecified atom stereocenters. The van der Waals surface area contributed by atoms with Crippen molar-refractivity contribution < 1.29 is 9.53 Å². The normalized spacial score (nSPS) is 20.6. The van der Waals surface area contributed by atoms with Crippen LogP contribution in [0.2, 0.25) is 0 Å². The lowest BCUT2D eigenvalue weighted by molar-refractivity contribution is 0.0820. The van der Waals surface area contributed by atoms with Crippen LogP contribution in [-0.2, 0) is 11.8 Å². The molecule has 6 nitrogen and oxygen atoms in total. The highest BCUT2D eigenvalue weighted by atomic mass is 16.5. The van der Waals surface area contributed by atoms with E-state index in [1.54, 1.807) is 0 Å². The molecule has 1 amide bonds. The lowest BCUT2D eigenvalue weighted by atomic mass is 10.0. The summed E-state index contributed by atoms with van der Waals surface area (Å²) >= 11 is 0. The van der Waals surface area contributed by atoms with Crippen molar-refractivity contribution >= 4 is 16.8 Å². The summed E-state index contributed by atoms with van der Waals surface area (Å²) in [7, 11) is 1.91. The zero-order valence-corrected chi connectivity index (χ0v) is 13.7. The van der Waals surface area contributed by atoms with E-state index in [0.29, 0.717) is 12.2 Å². The second kappa shape index (κ2) is 5.79. The number of benzene rings is 1. The predicted molar refractivity (Wildman–Crippen MR) is 90.8 cm³/mol. The standard InChI is InChI=1S/C18H20N4O2/c1-11-14(10-20-22(11)2)17-16(7-9-24-17)21-18(23)13-4-3-5-15-12(13)6-8-19-15/h3-6,8,10,16-17,19H,7,9H2,1-2H3,(H,21,23)/t16-,17+/m0/s1. The molecule has 0 saturated carbocycles. The number of nitrogens with one attached hydrogen (secondary N) is 2. The SMILES string of the molecule is Cc1c([C@H]2OCC[C@@H]2NC(=O)c2cccc3[nH]ccc23)cnn1C. The summed E-state index contributed by atoms with van der Waals surface area (Å²) in [5, 5.41) is 8.37. The number of hydrogen-bond donors (Lipinski definition) is 2. The van der Waals surface area contributed by atoms with Crippen molar-refractivity contribution in [1.82, 2.24) is 20.1 Å². The molecule has 124 valence electrons. The second-order valence-corrected chi connectivity index (χ2v) is 6.21. The molecule has 0 bridgehead atoms. The number of H-pyrrole nitrogens is 1. The zero-order valence-electron chi connectivity index (χ0n) is 13.7. The highest BCUT2D eigenvalue weighted by Crippen LogP contribution is 2.31. The van der Waals surface area contributed by atoms with E-state index in [-0.39, 0.29) is 18.1 Å². The predicted octanol–water partition coefficient (Wildman–Crippen LogP) is 2.47. The molecule has 2 aromatic heterocycles. The fourth-order valence-corrected chi connectivity index (χ4v) is 3.37. The molecule has 1 aromatic carbocycles. The zero-order chi connectivity index (χ0) is 16.7. The Morgan fingerprint density at radius 1 is 1.42 bits per heavy atom. The van der Waals surface area contributed by atoms with E-state index in [1.807, 2.05) is 55.3 Å². The molecule has 6 heteroatoms. The van der Waals surface area contributed by atoms with Crippen LogP contribution >= 0.6 is 0 Å². The maximum Gasteiger partial charge on any atom is 0.252 e. The van der Waals surface area contributed by atoms with Crippen LogP contribution in [0.3, 0.4) is 0 Å². The maximum atomic E-state index is 12.8. The topological polar surface area (TPSA) is 71.9 Å². The first-order chi connectivity index (χ1) is 11.6. The van der Waals surface area contributed by atoms with Gasteiger partial charge in [-0.25, -0.2) is 0 Å². The van der Waals surface area contributed by atoms with Crippen molar-refractivity contribution in [2.75, 3.05) is 6.61 Å². The smallest absolute Gasteiger partial charge is 0.252 e. The summed E-state index contributed by atoms with van der Waals surface area (Å²) in [6.45, 7) is 2.65. The molecule has 0 aliphatic carbocycles. The number of aryl methyl sites for hydroxylation is 1. The van der Waals surface area contributed by atoms with E-state index in [4.69, 9.17) is 4.74 Å². The monoisotopic (exact) mass is 324 g/mol. The second-order valence-electron chi connectivity index (χ2n) is 6.21. The number of aromatic amines is 1. The van der Waals surface area contributed by atoms with Crippen LogP contribution in [0.25, 0.3) is 10.9 Å². The number of ether oxygens (including phenoxy) is 1. The van der Waals surface area contributed by atoms with Gasteiger partial charge in [0.25, 0.3) is 5.91 Å². The van der Waals surface area contributed by atoms with Crippen LogP contribution in [0.1, 0.15) is 34.1 Å². The highest BCUT2D eigenvalue weighted by molar-refractivity contribution is 6.06. The first-order valence-electron chi connectivity index (χ1n) is 8.12. The van der Waals surface area contributed by atoms with Crippen LogP contribution in [0, 0.1) is 6.92 Å². The number of aromatic nitrogens is 3. The summed E-state index contributed by atoms with van der Waals surface area (Å²) in [5.41, 5.74) is 3.75. The van der Waals surface area contributed by atoms with Crippen molar-refractivity contribution in [2.45, 2.75) is 25.5 Å². The molecule has 0 spiro atoms. The first kappa shape index (κ1) is 15.0. The number of fused-ring (bicyclic) bond motifs is 1. The van der Waals surface area contributed by atoms with Gasteiger partial charge in [0, 0.05) is 47.6 Å². The third-order valence-electron chi connectivity index (χ3n) is 4.83. The third kappa shape index (κ3) is 2.39. The average Bonchev–Trinajstić information content (AvgIpc) is 3.29. The lowest BCUT2D eigenvalue weighted by Crippen LogP contribution is -2.37. The molecule has 3 heterocycles. The number of nitrogens with zero attached hydrogens (tertiary/aromatic N) is 2. The van der Waals surface area contributed by atoms with Gasteiger partial charge in [0.05, 0.1) is 12.2 Å². The molecule has 1 fully saturated rings. The third-order valence-corrected chi connectivity index (χ3v) is 4.83. The Hall–Kier alpha value is -2.60. The van der Waals surface area contributed by atoms with Gasteiger partial charge >= 0.3 is 0 Å². The number of hydrogen-bond acceptors (Lipinski definition) is 3. The Morgan fingerprint density at radius 2 is 2.29 bits per heavy atom. The lowest BCUT2D eigenvalue weighted by Gasteiger charge is -2.20. The van der Waals surface area contributed by atoms with Crippen molar-refractivity contribution in [1.29, 1.82) is 0 Å². The van der Waals surface area contributed by atoms with Gasteiger partial charge in [-0.15, -0.1) is 0 Å². The molecule has 2 atom stereocenters. The number of rotatable bonds is 3. The summed E-state index contributed by atoms with van der Waals surface area (Å²) in [5.74, 6) is -0.0674. The van der Waals surface area contributed by atoms with Gasteiger partial charge in [-0.3, -0.25) is 9.48 Å². The fourth-order valence-electron chi connectivity index (χ4n) is 3.37. The molecular formula is C18H20N4O2. The average molecular weight is 324 g/mol. The van der Waals surface area contributed by atoms with Crippen LogP contribution < -0.4 is 5.32 Å². The van der Waals surface area contributed by atoms with Crippen LogP contribution in [0.15, 0.2) is 36.7 Å². The van der Waals surface area contributed by atoms with Crippen LogP contribution in [0.4, 0.5) is 0 Å². The van der Waals surface area contributed by atoms with Gasteiger partial charge in [0.15, 0.2) is 0 Å². The summed E-state index contributed by atoms with van der Waals surface area (Å²) in [4.78, 5) is 15.9. The van der Waals surface area contributed by atoms with Crippen molar-refractivity contribution in [2.24, 2.45) is 7.05 Å². The Bertz CT molecular complexity index is 895. The molecule has 1 aliphatic rings. The summed E-state index contributed by atoms with van der Waals surface area (Å²) in [6, 6.07) is 7.59. The molecule has 1 aliphatic heterocycles. The van der Waals surface area contributed by atoms with Crippen molar-refractivity contribution in [3.63, 3.8) is 0 Å². The molecule has 24 heavy (non-hydrogen) atoms. The van der Waals surface area contributed by atoms with Gasteiger partial charge in [0.2, 0.25) is 0 Å². The van der Waals surface area contributed by atoms with E-state index < -0.39 is 0 Å². The number of carbonyl (C=O) groups is 1. The van der Waals surface area contributed by atoms with Gasteiger partial charge in [-0.05, 0) is 31.5 Å². The first-order valence-corrected chi connectivity index (χ1v) is 8.12. The van der Waals surface area contributed by atoms with E-state index in [1.165, 1.54) is 0 Å². The molecule has 1 saturated heterocycles. The summed E-state index contributed by atoms with van der Waals surface area (Å²) in [6.07, 6.45) is 4.33.